The molecule has 1 saturated carbocycles. The van der Waals surface area contributed by atoms with Gasteiger partial charge in [0, 0.05) is 11.5 Å². The second kappa shape index (κ2) is 4.63. The van der Waals surface area contributed by atoms with Crippen molar-refractivity contribution in [1.82, 2.24) is 0 Å². The number of Topliss-reactive ketones (excluding diaryl/α,β-unsaturated/α-hetero) is 1. The van der Waals surface area contributed by atoms with Gasteiger partial charge in [0.2, 0.25) is 0 Å². The van der Waals surface area contributed by atoms with Crippen LogP contribution in [0.3, 0.4) is 0 Å². The Morgan fingerprint density at radius 1 is 1.33 bits per heavy atom. The minimum Gasteiger partial charge on any atom is -0.497 e. The minimum absolute atomic E-state index is 0.104. The van der Waals surface area contributed by atoms with Crippen LogP contribution in [0.4, 0.5) is 13.2 Å². The Morgan fingerprint density at radius 3 is 2.44 bits per heavy atom. The first-order valence-electron chi connectivity index (χ1n) is 5.73. The molecule has 1 aliphatic rings. The number of hydrogen-bond acceptors (Lipinski definition) is 2. The van der Waals surface area contributed by atoms with E-state index in [0.29, 0.717) is 12.8 Å². The number of hydrogen-bond donors (Lipinski definition) is 0. The lowest BCUT2D eigenvalue weighted by atomic mass is 9.79. The Kier molecular flexibility index (Phi) is 3.32. The number of carbonyl (C=O) groups is 1. The smallest absolute Gasteiger partial charge is 0.417 e. The Labute approximate surface area is 103 Å². The summed E-state index contributed by atoms with van der Waals surface area (Å²) in [5.74, 6) is -0.553. The molecule has 0 amide bonds. The lowest BCUT2D eigenvalue weighted by Crippen LogP contribution is -2.24. The third-order valence-electron chi connectivity index (χ3n) is 3.27. The first-order valence-corrected chi connectivity index (χ1v) is 5.73. The van der Waals surface area contributed by atoms with Gasteiger partial charge in [-0.05, 0) is 31.0 Å². The van der Waals surface area contributed by atoms with Gasteiger partial charge in [0.05, 0.1) is 12.7 Å². The maximum Gasteiger partial charge on any atom is 0.417 e. The predicted octanol–water partition coefficient (Wildman–Crippen LogP) is 3.70. The van der Waals surface area contributed by atoms with Crippen LogP contribution < -0.4 is 4.74 Å². The molecule has 1 aromatic carbocycles. The summed E-state index contributed by atoms with van der Waals surface area (Å²) >= 11 is 0. The van der Waals surface area contributed by atoms with E-state index in [2.05, 4.69) is 0 Å². The van der Waals surface area contributed by atoms with E-state index < -0.39 is 17.5 Å². The van der Waals surface area contributed by atoms with Gasteiger partial charge in [-0.1, -0.05) is 6.42 Å². The van der Waals surface area contributed by atoms with Crippen molar-refractivity contribution < 1.29 is 22.7 Å². The summed E-state index contributed by atoms with van der Waals surface area (Å²) < 4.78 is 43.5. The van der Waals surface area contributed by atoms with Crippen molar-refractivity contribution in [2.45, 2.75) is 25.4 Å². The highest BCUT2D eigenvalue weighted by Crippen LogP contribution is 2.38. The van der Waals surface area contributed by atoms with E-state index in [1.807, 2.05) is 0 Å². The van der Waals surface area contributed by atoms with E-state index in [4.69, 9.17) is 4.74 Å². The number of benzene rings is 1. The molecule has 98 valence electrons. The van der Waals surface area contributed by atoms with Gasteiger partial charge in [0.1, 0.15) is 5.75 Å². The van der Waals surface area contributed by atoms with Gasteiger partial charge in [-0.25, -0.2) is 0 Å². The van der Waals surface area contributed by atoms with E-state index in [9.17, 15) is 18.0 Å². The molecule has 0 spiro atoms. The van der Waals surface area contributed by atoms with Gasteiger partial charge in [0.15, 0.2) is 5.78 Å². The van der Waals surface area contributed by atoms with Crippen LogP contribution in [0.1, 0.15) is 35.2 Å². The highest BCUT2D eigenvalue weighted by Gasteiger charge is 2.38. The average Bonchev–Trinajstić information content (AvgIpc) is 2.24. The van der Waals surface area contributed by atoms with Gasteiger partial charge in [-0.3, -0.25) is 4.79 Å². The normalized spacial score (nSPS) is 16.2. The number of halogens is 3. The SMILES string of the molecule is COc1ccc(C(=O)C2CCC2)c(C(F)(F)F)c1. The molecule has 0 unspecified atom stereocenters. The fourth-order valence-electron chi connectivity index (χ4n) is 1.99. The maximum atomic E-state index is 12.9. The summed E-state index contributed by atoms with van der Waals surface area (Å²) in [6.07, 6.45) is -2.26. The summed E-state index contributed by atoms with van der Waals surface area (Å²) in [6, 6.07) is 3.48. The van der Waals surface area contributed by atoms with E-state index in [-0.39, 0.29) is 17.2 Å². The van der Waals surface area contributed by atoms with Gasteiger partial charge in [-0.2, -0.15) is 13.2 Å². The van der Waals surface area contributed by atoms with Crippen molar-refractivity contribution in [2.75, 3.05) is 7.11 Å². The van der Waals surface area contributed by atoms with Crippen LogP contribution in [-0.4, -0.2) is 12.9 Å². The van der Waals surface area contributed by atoms with Crippen molar-refractivity contribution in [3.05, 3.63) is 29.3 Å². The van der Waals surface area contributed by atoms with Crippen LogP contribution in [0, 0.1) is 5.92 Å². The summed E-state index contributed by atoms with van der Waals surface area (Å²) in [6.45, 7) is 0. The van der Waals surface area contributed by atoms with Crippen LogP contribution in [0.2, 0.25) is 0 Å². The lowest BCUT2D eigenvalue weighted by Gasteiger charge is -2.25. The zero-order chi connectivity index (χ0) is 13.3. The fraction of sp³-hybridized carbons (Fsp3) is 0.462. The molecular formula is C13H13F3O2. The standard InChI is InChI=1S/C13H13F3O2/c1-18-9-5-6-10(11(7-9)13(14,15)16)12(17)8-3-2-4-8/h5-8H,2-4H2,1H3. The molecule has 0 aliphatic heterocycles. The van der Waals surface area contributed by atoms with Crippen molar-refractivity contribution in [2.24, 2.45) is 5.92 Å². The molecule has 0 bridgehead atoms. The summed E-state index contributed by atoms with van der Waals surface area (Å²) in [4.78, 5) is 12.0. The second-order valence-corrected chi connectivity index (χ2v) is 4.40. The summed E-state index contributed by atoms with van der Waals surface area (Å²) in [5, 5.41) is 0. The largest absolute Gasteiger partial charge is 0.497 e. The summed E-state index contributed by atoms with van der Waals surface area (Å²) in [7, 11) is 1.29. The molecule has 0 atom stereocenters. The maximum absolute atomic E-state index is 12.9. The van der Waals surface area contributed by atoms with Gasteiger partial charge >= 0.3 is 6.18 Å². The number of methoxy groups -OCH3 is 1. The fourth-order valence-corrected chi connectivity index (χ4v) is 1.99. The number of carbonyl (C=O) groups excluding carboxylic acids is 1. The topological polar surface area (TPSA) is 26.3 Å². The van der Waals surface area contributed by atoms with Gasteiger partial charge < -0.3 is 4.74 Å². The quantitative estimate of drug-likeness (QED) is 0.773. The molecule has 0 heterocycles. The highest BCUT2D eigenvalue weighted by molar-refractivity contribution is 6.00. The van der Waals surface area contributed by atoms with Crippen molar-refractivity contribution in [3.63, 3.8) is 0 Å². The van der Waals surface area contributed by atoms with E-state index in [1.165, 1.54) is 19.2 Å². The number of alkyl halides is 3. The molecule has 0 aromatic heterocycles. The lowest BCUT2D eigenvalue weighted by molar-refractivity contribution is -0.138. The van der Waals surface area contributed by atoms with Gasteiger partial charge in [-0.15, -0.1) is 0 Å². The predicted molar refractivity (Wildman–Crippen MR) is 59.7 cm³/mol. The minimum atomic E-state index is -4.54. The van der Waals surface area contributed by atoms with Crippen molar-refractivity contribution in [3.8, 4) is 5.75 Å². The van der Waals surface area contributed by atoms with E-state index in [0.717, 1.165) is 12.5 Å². The number of ether oxygens (including phenoxy) is 1. The zero-order valence-corrected chi connectivity index (χ0v) is 9.88. The van der Waals surface area contributed by atoms with Crippen LogP contribution in [-0.2, 0) is 6.18 Å². The van der Waals surface area contributed by atoms with Crippen LogP contribution in [0.5, 0.6) is 5.75 Å². The second-order valence-electron chi connectivity index (χ2n) is 4.40. The number of rotatable bonds is 3. The molecule has 18 heavy (non-hydrogen) atoms. The third kappa shape index (κ3) is 2.35. The van der Waals surface area contributed by atoms with Crippen LogP contribution in [0.15, 0.2) is 18.2 Å². The number of ketones is 1. The summed E-state index contributed by atoms with van der Waals surface area (Å²) in [5.41, 5.74) is -1.15. The molecule has 0 radical (unpaired) electrons. The molecule has 1 aromatic rings. The van der Waals surface area contributed by atoms with Crippen LogP contribution in [0.25, 0.3) is 0 Å². The van der Waals surface area contributed by atoms with E-state index in [1.54, 1.807) is 0 Å². The average molecular weight is 258 g/mol. The Hall–Kier alpha value is -1.52. The molecule has 2 nitrogen and oxygen atoms in total. The molecule has 5 heteroatoms. The molecule has 1 aliphatic carbocycles. The first kappa shape index (κ1) is 12.9. The van der Waals surface area contributed by atoms with Crippen molar-refractivity contribution in [1.29, 1.82) is 0 Å². The monoisotopic (exact) mass is 258 g/mol. The molecular weight excluding hydrogens is 245 g/mol. The highest BCUT2D eigenvalue weighted by atomic mass is 19.4. The van der Waals surface area contributed by atoms with Gasteiger partial charge in [0.25, 0.3) is 0 Å². The Morgan fingerprint density at radius 2 is 2.00 bits per heavy atom. The van der Waals surface area contributed by atoms with Crippen LogP contribution >= 0.6 is 0 Å². The molecule has 0 N–H and O–H groups in total. The Bertz CT molecular complexity index is 462. The third-order valence-corrected chi connectivity index (χ3v) is 3.27. The van der Waals surface area contributed by atoms with Crippen molar-refractivity contribution >= 4 is 5.78 Å². The van der Waals surface area contributed by atoms with E-state index >= 15 is 0 Å². The molecule has 0 saturated heterocycles. The molecule has 2 rings (SSSR count). The zero-order valence-electron chi connectivity index (χ0n) is 9.88. The Balaban J connectivity index is 2.42. The first-order chi connectivity index (χ1) is 8.43. The molecule has 1 fully saturated rings.